The zero-order valence-corrected chi connectivity index (χ0v) is 27.2. The third-order valence-corrected chi connectivity index (χ3v) is 7.11. The van der Waals surface area contributed by atoms with E-state index in [2.05, 4.69) is 25.6 Å². The third kappa shape index (κ3) is 8.91. The Balaban J connectivity index is 0.000000492. The molecule has 0 aliphatic rings. The molecule has 20 nitrogen and oxygen atoms in total. The van der Waals surface area contributed by atoms with Gasteiger partial charge < -0.3 is 36.0 Å². The summed E-state index contributed by atoms with van der Waals surface area (Å²) < 4.78 is 34.4. The fraction of sp³-hybridized carbons (Fsp3) is 0.0357. The summed E-state index contributed by atoms with van der Waals surface area (Å²) in [6.07, 6.45) is 0. The van der Waals surface area contributed by atoms with Gasteiger partial charge in [0.2, 0.25) is 0 Å². The van der Waals surface area contributed by atoms with Gasteiger partial charge in [0.15, 0.2) is 0 Å². The molecule has 1 radical (unpaired) electrons. The van der Waals surface area contributed by atoms with Crippen molar-refractivity contribution in [2.24, 2.45) is 20.5 Å². The molecule has 1 heterocycles. The molecule has 50 heavy (non-hydrogen) atoms. The van der Waals surface area contributed by atoms with Crippen molar-refractivity contribution < 1.29 is 53.2 Å². The first-order valence-electron chi connectivity index (χ1n) is 13.2. The topological polar surface area (TPSA) is 325 Å². The van der Waals surface area contributed by atoms with Crippen LogP contribution in [0.5, 0.6) is 11.5 Å². The molecule has 5 aromatic rings. The number of hydrogen-bond donors (Lipinski definition) is 1. The second-order valence-corrected chi connectivity index (χ2v) is 10.9. The van der Waals surface area contributed by atoms with Gasteiger partial charge >= 0.3 is 20.2 Å². The number of non-ortho nitro benzene ring substituents is 2. The number of nitrogens with one attached hydrogen (secondary N) is 1. The molecule has 0 bridgehead atoms. The van der Waals surface area contributed by atoms with E-state index in [0.717, 1.165) is 42.5 Å². The van der Waals surface area contributed by atoms with Crippen LogP contribution in [0.15, 0.2) is 109 Å². The first kappa shape index (κ1) is 38.0. The van der Waals surface area contributed by atoms with E-state index >= 15 is 0 Å². The normalized spacial score (nSPS) is 11.2. The minimum absolute atomic E-state index is 0. The number of nitrogens with two attached hydrogens (primary N) is 1. The van der Waals surface area contributed by atoms with Crippen LogP contribution in [0.3, 0.4) is 0 Å². The van der Waals surface area contributed by atoms with Crippen molar-refractivity contribution in [1.29, 1.82) is 0 Å². The zero-order chi connectivity index (χ0) is 36.0. The Bertz CT molecular complexity index is 2320. The fourth-order valence-electron chi connectivity index (χ4n) is 3.85. The van der Waals surface area contributed by atoms with Crippen LogP contribution in [0.25, 0.3) is 11.4 Å². The number of aryl methyl sites for hydroxylation is 1. The Morgan fingerprint density at radius 2 is 1.40 bits per heavy atom. The summed E-state index contributed by atoms with van der Waals surface area (Å²) in [6.45, 7) is 1.60. The molecule has 0 spiro atoms. The van der Waals surface area contributed by atoms with Gasteiger partial charge in [-0.3, -0.25) is 25.0 Å². The van der Waals surface area contributed by atoms with Crippen LogP contribution in [0.4, 0.5) is 45.5 Å². The van der Waals surface area contributed by atoms with E-state index in [9.17, 15) is 48.2 Å². The molecule has 4 aromatic carbocycles. The number of nitrogen functional groups attached to an aromatic ring is 1. The maximum absolute atomic E-state index is 12.4. The fourth-order valence-corrected chi connectivity index (χ4v) is 4.45. The van der Waals surface area contributed by atoms with Crippen molar-refractivity contribution in [3.63, 3.8) is 0 Å². The van der Waals surface area contributed by atoms with Gasteiger partial charge in [-0.05, 0) is 24.3 Å². The second-order valence-electron chi connectivity index (χ2n) is 9.57. The van der Waals surface area contributed by atoms with Gasteiger partial charge in [0.1, 0.15) is 15.8 Å². The minimum atomic E-state index is -4.89. The Hall–Kier alpha value is -6.47. The molecule has 0 fully saturated rings. The SMILES string of the molecule is Cc1[n-]n(-c2ccccc2)c(=O)c1N=Nc1ccc([N+](=O)[O-])cc1[O-].[Cr+3].[H+].[H+].[NH-]c1cc(N)c(S(=O)(=O)[O-])cc1N=Nc1cc([N+](=O)[O-])ccc1[O-]. The van der Waals surface area contributed by atoms with Crippen LogP contribution in [0.1, 0.15) is 8.55 Å². The molecule has 0 saturated heterocycles. The second kappa shape index (κ2) is 15.6. The van der Waals surface area contributed by atoms with E-state index in [1.807, 2.05) is 6.07 Å². The Morgan fingerprint density at radius 1 is 0.820 bits per heavy atom. The monoisotopic (exact) mass is 741 g/mol. The summed E-state index contributed by atoms with van der Waals surface area (Å²) in [7, 11) is -4.89. The number of para-hydroxylation sites is 1. The maximum Gasteiger partial charge on any atom is 3.00 e. The standard InChI is InChI=1S/C16H13N5O4.C12H10N5O6S.Cr/c1-10-15(16(23)20(19-10)11-5-3-2-4-6-11)18-17-13-8-7-12(21(24)25)9-14(13)22;13-7-4-8(14)12(24(21,22)23)5-9(7)15-16-10-3-6(17(19)20)1-2-11(10)18;/h2-9H,1H3,(H2,17,18,19,22,23);1-5H,(H5-,13,14,15,16,18,21,22,23);/q;-1;+3/p-2. The number of benzene rings is 4. The van der Waals surface area contributed by atoms with E-state index in [-0.39, 0.29) is 54.3 Å². The number of nitro benzene ring substituents is 2. The van der Waals surface area contributed by atoms with Crippen molar-refractivity contribution in [3.05, 3.63) is 121 Å². The minimum Gasteiger partial charge on any atom is -0.871 e. The summed E-state index contributed by atoms with van der Waals surface area (Å²) in [6, 6.07) is 16.4. The van der Waals surface area contributed by atoms with Gasteiger partial charge in [-0.2, -0.15) is 15.3 Å². The first-order chi connectivity index (χ1) is 23.1. The molecule has 5 rings (SSSR count). The summed E-state index contributed by atoms with van der Waals surface area (Å²) >= 11 is 0. The van der Waals surface area contributed by atoms with Crippen molar-refractivity contribution in [1.82, 2.24) is 9.78 Å². The smallest absolute Gasteiger partial charge is 0.871 e. The third-order valence-electron chi connectivity index (χ3n) is 6.22. The number of rotatable bonds is 8. The number of aromatic nitrogens is 2. The quantitative estimate of drug-likeness (QED) is 0.0723. The van der Waals surface area contributed by atoms with E-state index < -0.39 is 53.3 Å². The Labute approximate surface area is 294 Å². The molecule has 0 aliphatic carbocycles. The molecule has 0 unspecified atom stereocenters. The maximum atomic E-state index is 12.4. The summed E-state index contributed by atoms with van der Waals surface area (Å²) in [5.41, 5.74) is 11.1. The molecule has 3 N–H and O–H groups in total. The van der Waals surface area contributed by atoms with E-state index in [4.69, 9.17) is 11.5 Å². The van der Waals surface area contributed by atoms with Crippen LogP contribution in [0.2, 0.25) is 0 Å². The van der Waals surface area contributed by atoms with Crippen molar-refractivity contribution in [2.45, 2.75) is 11.8 Å². The largest absolute Gasteiger partial charge is 3.00 e. The molecule has 0 aliphatic heterocycles. The number of anilines is 1. The van der Waals surface area contributed by atoms with Crippen molar-refractivity contribution in [2.75, 3.05) is 5.73 Å². The molecule has 0 amide bonds. The van der Waals surface area contributed by atoms with Crippen LogP contribution in [-0.2, 0) is 27.5 Å². The molecular formula is C28H21CrN10O10S. The van der Waals surface area contributed by atoms with Gasteiger partial charge in [0, 0.05) is 35.6 Å². The van der Waals surface area contributed by atoms with E-state index in [0.29, 0.717) is 11.4 Å². The number of hydrogen-bond acceptors (Lipinski definition) is 15. The van der Waals surface area contributed by atoms with Crippen LogP contribution < -0.4 is 26.6 Å². The number of nitro groups is 2. The van der Waals surface area contributed by atoms with Gasteiger partial charge in [-0.15, -0.1) is 16.5 Å². The van der Waals surface area contributed by atoms with Crippen LogP contribution in [0, 0.1) is 27.2 Å². The average molecular weight is 742 g/mol. The Kier molecular flexibility index (Phi) is 11.9. The summed E-state index contributed by atoms with van der Waals surface area (Å²) in [4.78, 5) is 31.5. The van der Waals surface area contributed by atoms with E-state index in [1.165, 1.54) is 10.7 Å². The first-order valence-corrected chi connectivity index (χ1v) is 14.6. The molecule has 0 saturated carbocycles. The van der Waals surface area contributed by atoms with Crippen LogP contribution >= 0.6 is 0 Å². The summed E-state index contributed by atoms with van der Waals surface area (Å²) in [5, 5.41) is 63.4. The zero-order valence-electron chi connectivity index (χ0n) is 27.1. The number of nitrogens with zero attached hydrogens (tertiary/aromatic N) is 8. The van der Waals surface area contributed by atoms with Gasteiger partial charge in [-0.25, -0.2) is 8.42 Å². The van der Waals surface area contributed by atoms with Crippen LogP contribution in [-0.4, -0.2) is 27.5 Å². The van der Waals surface area contributed by atoms with E-state index in [1.54, 1.807) is 31.2 Å². The van der Waals surface area contributed by atoms with Crippen molar-refractivity contribution >= 4 is 55.6 Å². The average Bonchev–Trinajstić information content (AvgIpc) is 3.33. The predicted octanol–water partition coefficient (Wildman–Crippen LogP) is 4.98. The van der Waals surface area contributed by atoms with Crippen molar-refractivity contribution in [3.8, 4) is 17.2 Å². The number of azo groups is 2. The molecule has 22 heteroatoms. The molecule has 1 aromatic heterocycles. The molecule has 255 valence electrons. The van der Waals surface area contributed by atoms with Gasteiger partial charge in [0.25, 0.3) is 16.9 Å². The molecular weight excluding hydrogens is 720 g/mol. The summed E-state index contributed by atoms with van der Waals surface area (Å²) in [5.74, 6) is -1.32. The Morgan fingerprint density at radius 3 is 2.00 bits per heavy atom. The van der Waals surface area contributed by atoms with Gasteiger partial charge in [-0.1, -0.05) is 48.8 Å². The van der Waals surface area contributed by atoms with Gasteiger partial charge in [0.05, 0.1) is 31.8 Å². The molecule has 0 atom stereocenters. The predicted molar refractivity (Wildman–Crippen MR) is 169 cm³/mol.